The zero-order chi connectivity index (χ0) is 24.0. The third-order valence-corrected chi connectivity index (χ3v) is 5.36. The highest BCUT2D eigenvalue weighted by Crippen LogP contribution is 2.22. The molecule has 2 rings (SSSR count). The maximum atomic E-state index is 13.5. The van der Waals surface area contributed by atoms with Crippen LogP contribution in [0.3, 0.4) is 0 Å². The molecule has 8 nitrogen and oxygen atoms in total. The molecule has 2 aromatic rings. The van der Waals surface area contributed by atoms with Crippen LogP contribution in [-0.4, -0.2) is 34.6 Å². The number of aromatic amines is 1. The summed E-state index contributed by atoms with van der Waals surface area (Å²) >= 11 is 0. The first kappa shape index (κ1) is 25.2. The predicted octanol–water partition coefficient (Wildman–Crippen LogP) is 3.13. The first-order valence-electron chi connectivity index (χ1n) is 11.3. The summed E-state index contributed by atoms with van der Waals surface area (Å²) in [5.74, 6) is -0.0606. The van der Waals surface area contributed by atoms with Gasteiger partial charge in [0.1, 0.15) is 5.82 Å². The fourth-order valence-corrected chi connectivity index (χ4v) is 3.60. The van der Waals surface area contributed by atoms with Crippen molar-refractivity contribution in [3.63, 3.8) is 0 Å². The first-order chi connectivity index (χ1) is 15.1. The van der Waals surface area contributed by atoms with Gasteiger partial charge in [-0.1, -0.05) is 44.9 Å². The molecule has 0 unspecified atom stereocenters. The number of anilines is 3. The summed E-state index contributed by atoms with van der Waals surface area (Å²) in [6, 6.07) is 8.06. The van der Waals surface area contributed by atoms with Gasteiger partial charge in [0.2, 0.25) is 5.91 Å². The topological polar surface area (TPSA) is 104 Å². The Morgan fingerprint density at radius 1 is 1.12 bits per heavy atom. The summed E-state index contributed by atoms with van der Waals surface area (Å²) in [7, 11) is 0. The van der Waals surface area contributed by atoms with Crippen molar-refractivity contribution in [3.05, 3.63) is 50.7 Å². The maximum Gasteiger partial charge on any atom is 0.330 e. The second kappa shape index (κ2) is 11.0. The van der Waals surface area contributed by atoms with Gasteiger partial charge in [-0.05, 0) is 45.2 Å². The van der Waals surface area contributed by atoms with E-state index in [1.165, 1.54) is 9.47 Å². The molecule has 0 atom stereocenters. The Kier molecular flexibility index (Phi) is 8.69. The quantitative estimate of drug-likeness (QED) is 0.587. The van der Waals surface area contributed by atoms with E-state index >= 15 is 0 Å². The average Bonchev–Trinajstić information content (AvgIpc) is 2.71. The maximum absolute atomic E-state index is 13.5. The van der Waals surface area contributed by atoms with Gasteiger partial charge in [-0.3, -0.25) is 19.1 Å². The van der Waals surface area contributed by atoms with E-state index in [2.05, 4.69) is 4.98 Å². The number of nitrogen functional groups attached to an aromatic ring is 1. The minimum Gasteiger partial charge on any atom is -0.383 e. The summed E-state index contributed by atoms with van der Waals surface area (Å²) in [4.78, 5) is 44.4. The summed E-state index contributed by atoms with van der Waals surface area (Å²) in [6.45, 7) is 12.8. The number of nitrogens with one attached hydrogen (secondary N) is 1. The summed E-state index contributed by atoms with van der Waals surface area (Å²) in [6.07, 6.45) is 1.55. The monoisotopic (exact) mass is 443 g/mol. The number of benzene rings is 1. The van der Waals surface area contributed by atoms with Crippen LogP contribution in [0.25, 0.3) is 0 Å². The Hall–Kier alpha value is -3.03. The Bertz CT molecular complexity index is 1020. The van der Waals surface area contributed by atoms with Crippen LogP contribution in [0.1, 0.15) is 53.0 Å². The Labute approximate surface area is 190 Å². The number of unbranched alkanes of at least 4 members (excludes halogenated alkanes) is 1. The molecule has 8 heteroatoms. The van der Waals surface area contributed by atoms with Crippen LogP contribution in [-0.2, 0) is 11.3 Å². The number of aromatic nitrogens is 2. The first-order valence-corrected chi connectivity index (χ1v) is 11.3. The summed E-state index contributed by atoms with van der Waals surface area (Å²) in [5, 5.41) is 0. The SMILES string of the molecule is CCCCN(C(=O)CN(c1ccc(C)cc1)C(C)C)c1c(N)n(CC(C)C)c(=O)[nH]c1=O. The Balaban J connectivity index is 2.49. The number of carbonyl (C=O) groups is 1. The van der Waals surface area contributed by atoms with Crippen molar-refractivity contribution in [2.24, 2.45) is 5.92 Å². The predicted molar refractivity (Wildman–Crippen MR) is 131 cm³/mol. The summed E-state index contributed by atoms with van der Waals surface area (Å²) in [5.41, 5.74) is 7.23. The number of H-pyrrole nitrogens is 1. The third kappa shape index (κ3) is 6.02. The number of carbonyl (C=O) groups excluding carboxylic acids is 1. The molecule has 0 saturated heterocycles. The Morgan fingerprint density at radius 3 is 2.28 bits per heavy atom. The number of aryl methyl sites for hydroxylation is 1. The molecule has 1 amide bonds. The molecule has 0 aliphatic heterocycles. The minimum atomic E-state index is -0.636. The fraction of sp³-hybridized carbons (Fsp3) is 0.542. The number of nitrogens with two attached hydrogens (primary N) is 1. The van der Waals surface area contributed by atoms with Gasteiger partial charge >= 0.3 is 5.69 Å². The van der Waals surface area contributed by atoms with Crippen molar-refractivity contribution < 1.29 is 4.79 Å². The average molecular weight is 444 g/mol. The van der Waals surface area contributed by atoms with E-state index in [0.717, 1.165) is 17.7 Å². The molecule has 1 aromatic heterocycles. The largest absolute Gasteiger partial charge is 0.383 e. The lowest BCUT2D eigenvalue weighted by molar-refractivity contribution is -0.117. The van der Waals surface area contributed by atoms with Crippen molar-refractivity contribution in [3.8, 4) is 0 Å². The van der Waals surface area contributed by atoms with Crippen LogP contribution < -0.4 is 26.8 Å². The van der Waals surface area contributed by atoms with E-state index in [-0.39, 0.29) is 35.9 Å². The molecule has 32 heavy (non-hydrogen) atoms. The standard InChI is InChI=1S/C24H37N5O3/c1-7-8-13-27(21-22(25)29(14-16(2)3)24(32)26-23(21)31)20(30)15-28(17(4)5)19-11-9-18(6)10-12-19/h9-12,16-17H,7-8,13-15,25H2,1-6H3,(H,26,31,32). The normalized spacial score (nSPS) is 11.2. The van der Waals surface area contributed by atoms with E-state index in [9.17, 15) is 14.4 Å². The second-order valence-electron chi connectivity index (χ2n) is 8.95. The molecule has 1 heterocycles. The van der Waals surface area contributed by atoms with E-state index in [1.807, 2.05) is 70.7 Å². The van der Waals surface area contributed by atoms with Crippen molar-refractivity contribution in [2.45, 2.75) is 67.0 Å². The smallest absolute Gasteiger partial charge is 0.330 e. The third-order valence-electron chi connectivity index (χ3n) is 5.36. The Morgan fingerprint density at radius 2 is 1.75 bits per heavy atom. The van der Waals surface area contributed by atoms with Crippen LogP contribution in [0.2, 0.25) is 0 Å². The second-order valence-corrected chi connectivity index (χ2v) is 8.95. The zero-order valence-electron chi connectivity index (χ0n) is 20.1. The number of hydrogen-bond acceptors (Lipinski definition) is 5. The highest BCUT2D eigenvalue weighted by molar-refractivity contribution is 5.98. The minimum absolute atomic E-state index is 0.0309. The van der Waals surface area contributed by atoms with Gasteiger partial charge in [0.05, 0.1) is 6.54 Å². The molecule has 0 radical (unpaired) electrons. The number of nitrogens with zero attached hydrogens (tertiary/aromatic N) is 3. The lowest BCUT2D eigenvalue weighted by atomic mass is 10.2. The van der Waals surface area contributed by atoms with Gasteiger partial charge < -0.3 is 15.5 Å². The van der Waals surface area contributed by atoms with E-state index < -0.39 is 11.2 Å². The molecule has 0 aliphatic rings. The van der Waals surface area contributed by atoms with E-state index in [0.29, 0.717) is 19.5 Å². The van der Waals surface area contributed by atoms with Crippen molar-refractivity contribution in [1.82, 2.24) is 9.55 Å². The van der Waals surface area contributed by atoms with Crippen LogP contribution in [0.5, 0.6) is 0 Å². The van der Waals surface area contributed by atoms with Crippen molar-refractivity contribution in [2.75, 3.05) is 28.6 Å². The van der Waals surface area contributed by atoms with Crippen LogP contribution in [0, 0.1) is 12.8 Å². The lowest BCUT2D eigenvalue weighted by Gasteiger charge is -2.32. The molecule has 0 aliphatic carbocycles. The lowest BCUT2D eigenvalue weighted by Crippen LogP contribution is -2.47. The molecular formula is C24H37N5O3. The van der Waals surface area contributed by atoms with Crippen molar-refractivity contribution >= 4 is 23.1 Å². The molecule has 0 bridgehead atoms. The van der Waals surface area contributed by atoms with E-state index in [1.54, 1.807) is 0 Å². The molecule has 176 valence electrons. The number of hydrogen-bond donors (Lipinski definition) is 2. The van der Waals surface area contributed by atoms with Gasteiger partial charge in [-0.2, -0.15) is 0 Å². The van der Waals surface area contributed by atoms with Gasteiger partial charge in [0.25, 0.3) is 5.56 Å². The van der Waals surface area contributed by atoms with Crippen molar-refractivity contribution in [1.29, 1.82) is 0 Å². The molecular weight excluding hydrogens is 406 g/mol. The van der Waals surface area contributed by atoms with Gasteiger partial charge in [-0.15, -0.1) is 0 Å². The van der Waals surface area contributed by atoms with Gasteiger partial charge in [-0.25, -0.2) is 4.79 Å². The molecule has 0 fully saturated rings. The van der Waals surface area contributed by atoms with Crippen LogP contribution in [0.4, 0.5) is 17.2 Å². The molecule has 0 spiro atoms. The number of rotatable bonds is 10. The molecule has 0 saturated carbocycles. The molecule has 3 N–H and O–H groups in total. The van der Waals surface area contributed by atoms with Gasteiger partial charge in [0.15, 0.2) is 5.69 Å². The van der Waals surface area contributed by atoms with Gasteiger partial charge in [0, 0.05) is 24.8 Å². The molecule has 1 aromatic carbocycles. The van der Waals surface area contributed by atoms with Crippen LogP contribution >= 0.6 is 0 Å². The van der Waals surface area contributed by atoms with Crippen LogP contribution in [0.15, 0.2) is 33.9 Å². The zero-order valence-corrected chi connectivity index (χ0v) is 20.1. The fourth-order valence-electron chi connectivity index (χ4n) is 3.60. The highest BCUT2D eigenvalue weighted by atomic mass is 16.2. The highest BCUT2D eigenvalue weighted by Gasteiger charge is 2.26. The van der Waals surface area contributed by atoms with E-state index in [4.69, 9.17) is 5.73 Å². The summed E-state index contributed by atoms with van der Waals surface area (Å²) < 4.78 is 1.34. The number of amides is 1.